The number of nitriles is 1. The second kappa shape index (κ2) is 12.8. The lowest BCUT2D eigenvalue weighted by atomic mass is 9.87. The molecule has 0 aliphatic carbocycles. The quantitative estimate of drug-likeness (QED) is 0.209. The van der Waals surface area contributed by atoms with Crippen LogP contribution < -0.4 is 19.5 Å². The number of carbonyl (C=O) groups excluding carboxylic acids is 2. The first-order valence-electron chi connectivity index (χ1n) is 14.5. The molecule has 0 radical (unpaired) electrons. The van der Waals surface area contributed by atoms with Crippen molar-refractivity contribution in [1.29, 1.82) is 5.26 Å². The van der Waals surface area contributed by atoms with Crippen LogP contribution in [0.5, 0.6) is 17.2 Å². The first kappa shape index (κ1) is 33.2. The molecule has 2 aliphatic heterocycles. The average molecular weight is 631 g/mol. The summed E-state index contributed by atoms with van der Waals surface area (Å²) in [6, 6.07) is 5.86. The van der Waals surface area contributed by atoms with E-state index in [0.29, 0.717) is 37.0 Å². The molecule has 1 saturated heterocycles. The van der Waals surface area contributed by atoms with Gasteiger partial charge in [-0.15, -0.1) is 0 Å². The van der Waals surface area contributed by atoms with Gasteiger partial charge in [0, 0.05) is 5.56 Å². The molecule has 44 heavy (non-hydrogen) atoms. The Morgan fingerprint density at radius 2 is 1.84 bits per heavy atom. The number of nitrogens with one attached hydrogen (secondary N) is 1. The second-order valence-corrected chi connectivity index (χ2v) is 13.3. The van der Waals surface area contributed by atoms with Crippen LogP contribution in [0.4, 0.5) is 18.0 Å². The zero-order chi connectivity index (χ0) is 32.4. The second-order valence-electron chi connectivity index (χ2n) is 12.3. The Morgan fingerprint density at radius 3 is 2.48 bits per heavy atom. The number of carbonyl (C=O) groups is 2. The predicted molar refractivity (Wildman–Crippen MR) is 163 cm³/mol. The minimum Gasteiger partial charge on any atom is -0.493 e. The van der Waals surface area contributed by atoms with Gasteiger partial charge >= 0.3 is 6.18 Å². The van der Waals surface area contributed by atoms with Gasteiger partial charge in [-0.25, -0.2) is 0 Å². The molecule has 2 aromatic carbocycles. The number of ether oxygens (including phenoxy) is 3. The van der Waals surface area contributed by atoms with Gasteiger partial charge in [0.25, 0.3) is 11.1 Å². The molecule has 236 valence electrons. The fourth-order valence-corrected chi connectivity index (χ4v) is 5.97. The van der Waals surface area contributed by atoms with Gasteiger partial charge in [0.15, 0.2) is 0 Å². The van der Waals surface area contributed by atoms with Gasteiger partial charge in [0.1, 0.15) is 29.5 Å². The third-order valence-corrected chi connectivity index (χ3v) is 8.90. The zero-order valence-electron chi connectivity index (χ0n) is 25.8. The van der Waals surface area contributed by atoms with Crippen LogP contribution in [0.1, 0.15) is 79.8 Å². The Morgan fingerprint density at radius 1 is 1.11 bits per heavy atom. The van der Waals surface area contributed by atoms with E-state index in [1.54, 1.807) is 0 Å². The molecule has 0 bridgehead atoms. The summed E-state index contributed by atoms with van der Waals surface area (Å²) in [5.74, 6) is 0.542. The van der Waals surface area contributed by atoms with Crippen molar-refractivity contribution in [3.63, 3.8) is 0 Å². The van der Waals surface area contributed by atoms with Gasteiger partial charge in [0.2, 0.25) is 0 Å². The van der Waals surface area contributed by atoms with Crippen LogP contribution in [0, 0.1) is 37.5 Å². The minimum atomic E-state index is -4.71. The first-order valence-corrected chi connectivity index (χ1v) is 15.3. The lowest BCUT2D eigenvalue weighted by Crippen LogP contribution is -2.42. The van der Waals surface area contributed by atoms with Crippen LogP contribution in [0.25, 0.3) is 6.08 Å². The van der Waals surface area contributed by atoms with Gasteiger partial charge in [-0.1, -0.05) is 6.07 Å². The third-order valence-electron chi connectivity index (χ3n) is 8.09. The van der Waals surface area contributed by atoms with Crippen molar-refractivity contribution in [3.8, 4) is 23.3 Å². The van der Waals surface area contributed by atoms with Crippen molar-refractivity contribution < 1.29 is 37.0 Å². The first-order chi connectivity index (χ1) is 20.5. The van der Waals surface area contributed by atoms with Crippen LogP contribution >= 0.6 is 11.8 Å². The Hall–Kier alpha value is -3.65. The molecular formula is C33H37F3N2O5S. The number of unbranched alkanes of at least 4 members (excludes halogenated alkanes) is 1. The summed E-state index contributed by atoms with van der Waals surface area (Å²) < 4.78 is 60.5. The standard InChI is InChI=1S/C33H37F3N2O5S/c1-19-20(2)28-23(21(3)27(19)41-14-8-7-12-31(4,5)17-37)11-13-32(6,43-28)18-42-25-10-9-22(15-24(25)33(34,35)36)16-26-29(39)38-30(40)44-26/h9-10,15-16H,7-8,11-14,18H2,1-6H3,(H,38,39,40)/b26-16+. The van der Waals surface area contributed by atoms with E-state index >= 15 is 0 Å². The SMILES string of the molecule is Cc1c(C)c2c(c(C)c1OCCCCC(C)(C)C#N)CCC(C)(COc1ccc(/C=C3/SC(=O)NC3=O)cc1C(F)(F)F)O2. The fraction of sp³-hybridized carbons (Fsp3) is 0.485. The minimum absolute atomic E-state index is 0.0210. The molecule has 2 aliphatic rings. The maximum absolute atomic E-state index is 14.0. The molecule has 1 unspecified atom stereocenters. The summed E-state index contributed by atoms with van der Waals surface area (Å²) in [5.41, 5.74) is 1.78. The average Bonchev–Trinajstić information content (AvgIpc) is 3.27. The van der Waals surface area contributed by atoms with Gasteiger partial charge in [0.05, 0.1) is 28.6 Å². The number of hydrogen-bond donors (Lipinski definition) is 1. The molecule has 1 fully saturated rings. The van der Waals surface area contributed by atoms with Gasteiger partial charge in [-0.3, -0.25) is 14.9 Å². The van der Waals surface area contributed by atoms with Crippen LogP contribution in [0.3, 0.4) is 0 Å². The normalized spacial score (nSPS) is 19.3. The van der Waals surface area contributed by atoms with Crippen molar-refractivity contribution in [3.05, 3.63) is 56.5 Å². The van der Waals surface area contributed by atoms with Gasteiger partial charge < -0.3 is 14.2 Å². The molecule has 1 N–H and O–H groups in total. The number of fused-ring (bicyclic) bond motifs is 1. The largest absolute Gasteiger partial charge is 0.493 e. The lowest BCUT2D eigenvalue weighted by molar-refractivity contribution is -0.139. The van der Waals surface area contributed by atoms with Crippen LogP contribution in [-0.2, 0) is 17.4 Å². The summed E-state index contributed by atoms with van der Waals surface area (Å²) in [6.07, 6.45) is 0.224. The zero-order valence-corrected chi connectivity index (χ0v) is 26.6. The van der Waals surface area contributed by atoms with Crippen LogP contribution in [0.2, 0.25) is 0 Å². The Balaban J connectivity index is 1.47. The van der Waals surface area contributed by atoms with Gasteiger partial charge in [-0.05, 0) is 126 Å². The molecule has 2 heterocycles. The molecule has 7 nitrogen and oxygen atoms in total. The maximum atomic E-state index is 14.0. The molecule has 2 aromatic rings. The number of rotatable bonds is 10. The molecular weight excluding hydrogens is 593 g/mol. The van der Waals surface area contributed by atoms with E-state index in [0.717, 1.165) is 53.3 Å². The van der Waals surface area contributed by atoms with Crippen molar-refractivity contribution in [2.24, 2.45) is 5.41 Å². The van der Waals surface area contributed by atoms with E-state index in [1.807, 2.05) is 41.5 Å². The molecule has 2 amide bonds. The van der Waals surface area contributed by atoms with E-state index in [9.17, 15) is 28.0 Å². The van der Waals surface area contributed by atoms with Crippen molar-refractivity contribution in [2.45, 2.75) is 85.4 Å². The summed E-state index contributed by atoms with van der Waals surface area (Å²) in [7, 11) is 0. The van der Waals surface area contributed by atoms with Crippen molar-refractivity contribution >= 4 is 29.0 Å². The monoisotopic (exact) mass is 630 g/mol. The number of halogens is 3. The van der Waals surface area contributed by atoms with E-state index in [4.69, 9.17) is 14.2 Å². The highest BCUT2D eigenvalue weighted by Gasteiger charge is 2.38. The predicted octanol–water partition coefficient (Wildman–Crippen LogP) is 8.22. The molecule has 1 atom stereocenters. The number of amides is 2. The molecule has 4 rings (SSSR count). The van der Waals surface area contributed by atoms with Crippen LogP contribution in [0.15, 0.2) is 23.1 Å². The van der Waals surface area contributed by atoms with Crippen molar-refractivity contribution in [1.82, 2.24) is 5.32 Å². The number of hydrogen-bond acceptors (Lipinski definition) is 7. The van der Waals surface area contributed by atoms with Crippen molar-refractivity contribution in [2.75, 3.05) is 13.2 Å². The van der Waals surface area contributed by atoms with E-state index in [2.05, 4.69) is 11.4 Å². The molecule has 11 heteroatoms. The number of imide groups is 1. The summed E-state index contributed by atoms with van der Waals surface area (Å²) in [6.45, 7) is 12.0. The van der Waals surface area contributed by atoms with Crippen LogP contribution in [-0.4, -0.2) is 30.0 Å². The van der Waals surface area contributed by atoms with E-state index in [1.165, 1.54) is 18.2 Å². The highest BCUT2D eigenvalue weighted by molar-refractivity contribution is 8.18. The third kappa shape index (κ3) is 7.52. The fourth-order valence-electron chi connectivity index (χ4n) is 5.29. The summed E-state index contributed by atoms with van der Waals surface area (Å²) >= 11 is 0.635. The topological polar surface area (TPSA) is 97.6 Å². The Labute approximate surface area is 260 Å². The van der Waals surface area contributed by atoms with E-state index < -0.39 is 28.5 Å². The smallest absolute Gasteiger partial charge is 0.419 e. The highest BCUT2D eigenvalue weighted by Crippen LogP contribution is 2.45. The Kier molecular flexibility index (Phi) is 9.64. The number of benzene rings is 2. The Bertz CT molecular complexity index is 1540. The maximum Gasteiger partial charge on any atom is 0.419 e. The van der Waals surface area contributed by atoms with Gasteiger partial charge in [-0.2, -0.15) is 18.4 Å². The number of thioether (sulfide) groups is 1. The molecule has 0 spiro atoms. The number of alkyl halides is 3. The lowest BCUT2D eigenvalue weighted by Gasteiger charge is -2.38. The summed E-state index contributed by atoms with van der Waals surface area (Å²) in [4.78, 5) is 23.3. The molecule has 0 saturated carbocycles. The number of nitrogens with zero attached hydrogens (tertiary/aromatic N) is 1. The summed E-state index contributed by atoms with van der Waals surface area (Å²) in [5, 5.41) is 10.7. The highest BCUT2D eigenvalue weighted by atomic mass is 32.2. The van der Waals surface area contributed by atoms with E-state index in [-0.39, 0.29) is 28.2 Å². The molecule has 0 aromatic heterocycles.